The highest BCUT2D eigenvalue weighted by Gasteiger charge is 2.31. The van der Waals surface area contributed by atoms with E-state index in [9.17, 15) is 13.2 Å². The summed E-state index contributed by atoms with van der Waals surface area (Å²) < 4.78 is 40.2. The van der Waals surface area contributed by atoms with Crippen molar-refractivity contribution in [3.63, 3.8) is 0 Å². The molecule has 0 unspecified atom stereocenters. The Balaban J connectivity index is 1.70. The zero-order chi connectivity index (χ0) is 18.3. The lowest BCUT2D eigenvalue weighted by molar-refractivity contribution is -0.137. The van der Waals surface area contributed by atoms with Crippen LogP contribution in [-0.2, 0) is 11.9 Å². The molecule has 0 aliphatic carbocycles. The molecule has 9 heteroatoms. The van der Waals surface area contributed by atoms with Crippen LogP contribution in [0.25, 0.3) is 16.6 Å². The second-order valence-corrected chi connectivity index (χ2v) is 6.87. The lowest BCUT2D eigenvalue weighted by Gasteiger charge is -2.09. The maximum absolute atomic E-state index is 12.9. The Morgan fingerprint density at radius 1 is 1.08 bits per heavy atom. The molecule has 0 atom stereocenters. The molecule has 0 amide bonds. The van der Waals surface area contributed by atoms with Crippen LogP contribution < -0.4 is 0 Å². The van der Waals surface area contributed by atoms with E-state index in [0.29, 0.717) is 21.6 Å². The number of hydrogen-bond donors (Lipinski definition) is 0. The summed E-state index contributed by atoms with van der Waals surface area (Å²) in [7, 11) is 0. The number of aromatic nitrogens is 4. The highest BCUT2D eigenvalue weighted by molar-refractivity contribution is 7.98. The van der Waals surface area contributed by atoms with Crippen molar-refractivity contribution in [2.45, 2.75) is 17.1 Å². The number of benzene rings is 1. The average molecular weight is 395 g/mol. The van der Waals surface area contributed by atoms with Crippen LogP contribution >= 0.6 is 23.4 Å². The van der Waals surface area contributed by atoms with E-state index in [1.807, 2.05) is 18.2 Å². The largest absolute Gasteiger partial charge is 0.417 e. The SMILES string of the molecule is FC(F)(F)c1ccc2nnc(SCc3c(Cl)ccc4cccnc34)n2c1. The van der Waals surface area contributed by atoms with Crippen molar-refractivity contribution in [2.24, 2.45) is 0 Å². The van der Waals surface area contributed by atoms with Crippen LogP contribution in [-0.4, -0.2) is 19.6 Å². The molecule has 0 bridgehead atoms. The van der Waals surface area contributed by atoms with Crippen molar-refractivity contribution in [1.82, 2.24) is 19.6 Å². The van der Waals surface area contributed by atoms with E-state index in [1.54, 1.807) is 12.3 Å². The third kappa shape index (κ3) is 3.10. The van der Waals surface area contributed by atoms with Gasteiger partial charge in [-0.15, -0.1) is 10.2 Å². The Bertz CT molecular complexity index is 1110. The molecule has 132 valence electrons. The topological polar surface area (TPSA) is 43.1 Å². The Morgan fingerprint density at radius 2 is 1.92 bits per heavy atom. The number of alkyl halides is 3. The highest BCUT2D eigenvalue weighted by Crippen LogP contribution is 2.33. The summed E-state index contributed by atoms with van der Waals surface area (Å²) in [5, 5.41) is 9.75. The molecular weight excluding hydrogens is 385 g/mol. The molecule has 0 fully saturated rings. The van der Waals surface area contributed by atoms with Gasteiger partial charge in [-0.25, -0.2) is 0 Å². The van der Waals surface area contributed by atoms with Crippen LogP contribution in [0.4, 0.5) is 13.2 Å². The average Bonchev–Trinajstić information content (AvgIpc) is 3.02. The molecule has 0 aliphatic heterocycles. The minimum absolute atomic E-state index is 0.350. The minimum Gasteiger partial charge on any atom is -0.277 e. The maximum Gasteiger partial charge on any atom is 0.417 e. The van der Waals surface area contributed by atoms with Gasteiger partial charge in [0.1, 0.15) is 0 Å². The summed E-state index contributed by atoms with van der Waals surface area (Å²) in [4.78, 5) is 4.36. The van der Waals surface area contributed by atoms with Crippen molar-refractivity contribution in [3.8, 4) is 0 Å². The van der Waals surface area contributed by atoms with Gasteiger partial charge in [-0.2, -0.15) is 13.2 Å². The summed E-state index contributed by atoms with van der Waals surface area (Å²) in [5.41, 5.74) is 1.16. The van der Waals surface area contributed by atoms with Gasteiger partial charge in [-0.05, 0) is 24.3 Å². The van der Waals surface area contributed by atoms with Crippen LogP contribution in [0.15, 0.2) is 53.9 Å². The number of hydrogen-bond acceptors (Lipinski definition) is 4. The quantitative estimate of drug-likeness (QED) is 0.445. The molecular formula is C17H10ClF3N4S. The molecule has 3 heterocycles. The normalized spacial score (nSPS) is 12.2. The van der Waals surface area contributed by atoms with E-state index < -0.39 is 11.7 Å². The van der Waals surface area contributed by atoms with Crippen LogP contribution in [0.3, 0.4) is 0 Å². The molecule has 4 nitrogen and oxygen atoms in total. The molecule has 1 aromatic carbocycles. The van der Waals surface area contributed by atoms with Gasteiger partial charge in [-0.1, -0.05) is 35.5 Å². The van der Waals surface area contributed by atoms with Gasteiger partial charge in [0.2, 0.25) is 0 Å². The van der Waals surface area contributed by atoms with Crippen molar-refractivity contribution in [1.29, 1.82) is 0 Å². The van der Waals surface area contributed by atoms with Crippen LogP contribution in [0.1, 0.15) is 11.1 Å². The molecule has 0 spiro atoms. The van der Waals surface area contributed by atoms with Gasteiger partial charge < -0.3 is 0 Å². The Morgan fingerprint density at radius 3 is 2.73 bits per heavy atom. The third-order valence-electron chi connectivity index (χ3n) is 3.87. The Hall–Kier alpha value is -2.32. The Kier molecular flexibility index (Phi) is 4.24. The predicted molar refractivity (Wildman–Crippen MR) is 94.3 cm³/mol. The molecule has 0 saturated carbocycles. The summed E-state index contributed by atoms with van der Waals surface area (Å²) in [6.07, 6.45) is -1.75. The van der Waals surface area contributed by atoms with Gasteiger partial charge in [0.25, 0.3) is 0 Å². The number of nitrogens with zero attached hydrogens (tertiary/aromatic N) is 4. The first-order chi connectivity index (χ1) is 12.4. The molecule has 0 radical (unpaired) electrons. The first kappa shape index (κ1) is 17.1. The molecule has 3 aromatic heterocycles. The zero-order valence-electron chi connectivity index (χ0n) is 13.0. The van der Waals surface area contributed by atoms with Crippen molar-refractivity contribution < 1.29 is 13.2 Å². The second kappa shape index (κ2) is 6.44. The van der Waals surface area contributed by atoms with E-state index in [-0.39, 0.29) is 0 Å². The number of pyridine rings is 2. The molecule has 4 aromatic rings. The fourth-order valence-electron chi connectivity index (χ4n) is 2.59. The monoisotopic (exact) mass is 394 g/mol. The van der Waals surface area contributed by atoms with Crippen molar-refractivity contribution in [3.05, 3.63) is 64.9 Å². The first-order valence-electron chi connectivity index (χ1n) is 7.50. The zero-order valence-corrected chi connectivity index (χ0v) is 14.6. The summed E-state index contributed by atoms with van der Waals surface area (Å²) in [6, 6.07) is 9.70. The molecule has 0 saturated heterocycles. The van der Waals surface area contributed by atoms with Crippen LogP contribution in [0.5, 0.6) is 0 Å². The van der Waals surface area contributed by atoms with Crippen molar-refractivity contribution >= 4 is 39.9 Å². The summed E-state index contributed by atoms with van der Waals surface area (Å²) in [5.74, 6) is 0.407. The van der Waals surface area contributed by atoms with Crippen molar-refractivity contribution in [2.75, 3.05) is 0 Å². The number of rotatable bonds is 3. The van der Waals surface area contributed by atoms with E-state index in [2.05, 4.69) is 15.2 Å². The van der Waals surface area contributed by atoms with Gasteiger partial charge in [-0.3, -0.25) is 9.38 Å². The first-order valence-corrected chi connectivity index (χ1v) is 8.87. The molecule has 26 heavy (non-hydrogen) atoms. The summed E-state index contributed by atoms with van der Waals surface area (Å²) in [6.45, 7) is 0. The van der Waals surface area contributed by atoms with E-state index in [1.165, 1.54) is 22.2 Å². The second-order valence-electron chi connectivity index (χ2n) is 5.52. The van der Waals surface area contributed by atoms with Gasteiger partial charge >= 0.3 is 6.18 Å². The van der Waals surface area contributed by atoms with Gasteiger partial charge in [0.15, 0.2) is 10.8 Å². The van der Waals surface area contributed by atoms with Gasteiger partial charge in [0.05, 0.1) is 11.1 Å². The number of fused-ring (bicyclic) bond motifs is 2. The van der Waals surface area contributed by atoms with Gasteiger partial charge in [0, 0.05) is 34.1 Å². The maximum atomic E-state index is 12.9. The molecule has 0 aliphatic rings. The summed E-state index contributed by atoms with van der Waals surface area (Å²) >= 11 is 7.56. The Labute approximate surface area is 155 Å². The van der Waals surface area contributed by atoms with Crippen LogP contribution in [0, 0.1) is 0 Å². The third-order valence-corrected chi connectivity index (χ3v) is 5.19. The van der Waals surface area contributed by atoms with E-state index in [4.69, 9.17) is 11.6 Å². The van der Waals surface area contributed by atoms with Crippen LogP contribution in [0.2, 0.25) is 5.02 Å². The fourth-order valence-corrected chi connectivity index (χ4v) is 3.84. The number of halogens is 4. The lowest BCUT2D eigenvalue weighted by Crippen LogP contribution is -2.06. The standard InChI is InChI=1S/C17H10ClF3N4S/c18-13-5-3-10-2-1-7-22-15(10)12(13)9-26-16-24-23-14-6-4-11(8-25(14)16)17(19,20)21/h1-8H,9H2. The fraction of sp³-hybridized carbons (Fsp3) is 0.118. The number of thioether (sulfide) groups is 1. The van der Waals surface area contributed by atoms with E-state index in [0.717, 1.165) is 28.7 Å². The smallest absolute Gasteiger partial charge is 0.277 e. The predicted octanol–water partition coefficient (Wildman–Crippen LogP) is 5.24. The minimum atomic E-state index is -4.43. The lowest BCUT2D eigenvalue weighted by atomic mass is 10.1. The van der Waals surface area contributed by atoms with E-state index >= 15 is 0 Å². The highest BCUT2D eigenvalue weighted by atomic mass is 35.5. The molecule has 0 N–H and O–H groups in total. The molecule has 4 rings (SSSR count).